The molecule has 1 saturated carbocycles. The molecule has 2 heterocycles. The van der Waals surface area contributed by atoms with Gasteiger partial charge in [0.2, 0.25) is 0 Å². The quantitative estimate of drug-likeness (QED) is 0.507. The van der Waals surface area contributed by atoms with Gasteiger partial charge in [0.1, 0.15) is 5.65 Å². The fourth-order valence-electron chi connectivity index (χ4n) is 3.12. The maximum absolute atomic E-state index is 4.67. The summed E-state index contributed by atoms with van der Waals surface area (Å²) in [5, 5.41) is 6.88. The molecule has 0 aliphatic heterocycles. The highest BCUT2D eigenvalue weighted by Gasteiger charge is 2.43. The molecule has 0 spiro atoms. The number of imidazole rings is 1. The van der Waals surface area contributed by atoms with Crippen LogP contribution in [0.3, 0.4) is 0 Å². The molecule has 6 heteroatoms. The third-order valence-electron chi connectivity index (χ3n) is 4.87. The number of benzene rings is 1. The van der Waals surface area contributed by atoms with Crippen LogP contribution < -0.4 is 10.6 Å². The molecule has 1 aromatic carbocycles. The predicted molar refractivity (Wildman–Crippen MR) is 112 cm³/mol. The van der Waals surface area contributed by atoms with Crippen molar-refractivity contribution < 1.29 is 0 Å². The Kier molecular flexibility index (Phi) is 5.07. The molecule has 0 unspecified atom stereocenters. The molecule has 0 saturated heterocycles. The van der Waals surface area contributed by atoms with Crippen molar-refractivity contribution in [1.29, 1.82) is 0 Å². The smallest absolute Gasteiger partial charge is 0.191 e. The number of thioether (sulfide) groups is 1. The zero-order chi connectivity index (χ0) is 18.7. The van der Waals surface area contributed by atoms with E-state index in [4.69, 9.17) is 0 Å². The predicted octanol–water partition coefficient (Wildman–Crippen LogP) is 3.63. The van der Waals surface area contributed by atoms with E-state index < -0.39 is 0 Å². The third-order valence-corrected chi connectivity index (χ3v) is 6.36. The number of nitrogens with zero attached hydrogens (tertiary/aromatic N) is 3. The summed E-state index contributed by atoms with van der Waals surface area (Å²) in [4.78, 5) is 10.4. The second-order valence-electron chi connectivity index (χ2n) is 7.01. The van der Waals surface area contributed by atoms with Gasteiger partial charge in [0.05, 0.1) is 12.2 Å². The highest BCUT2D eigenvalue weighted by atomic mass is 32.2. The van der Waals surface area contributed by atoms with Gasteiger partial charge in [-0.3, -0.25) is 4.99 Å². The van der Waals surface area contributed by atoms with Gasteiger partial charge < -0.3 is 15.0 Å². The largest absolute Gasteiger partial charge is 0.355 e. The van der Waals surface area contributed by atoms with E-state index in [0.717, 1.165) is 23.8 Å². The standard InChI is InChI=1S/C21H25N5S/c1-16-7-6-10-19-25-17(14-26(16)19)13-23-20(22-2)24-15-21(11-12-21)27-18-8-4-3-5-9-18/h3-10,14H,11-13,15H2,1-2H3,(H2,22,23,24). The Bertz CT molecular complexity index is 944. The van der Waals surface area contributed by atoms with Gasteiger partial charge in [0, 0.05) is 35.1 Å². The molecular formula is C21H25N5S. The Morgan fingerprint density at radius 2 is 1.96 bits per heavy atom. The minimum absolute atomic E-state index is 0.291. The Balaban J connectivity index is 1.32. The summed E-state index contributed by atoms with van der Waals surface area (Å²) in [7, 11) is 1.81. The van der Waals surface area contributed by atoms with E-state index in [1.54, 1.807) is 0 Å². The number of nitrogens with one attached hydrogen (secondary N) is 2. The number of pyridine rings is 1. The van der Waals surface area contributed by atoms with Gasteiger partial charge >= 0.3 is 0 Å². The fourth-order valence-corrected chi connectivity index (χ4v) is 4.36. The third kappa shape index (κ3) is 4.27. The van der Waals surface area contributed by atoms with Crippen molar-refractivity contribution in [3.8, 4) is 0 Å². The molecule has 2 aromatic heterocycles. The first kappa shape index (κ1) is 17.9. The molecule has 27 heavy (non-hydrogen) atoms. The van der Waals surface area contributed by atoms with Crippen molar-refractivity contribution in [2.24, 2.45) is 4.99 Å². The molecule has 0 amide bonds. The van der Waals surface area contributed by atoms with Crippen molar-refractivity contribution in [2.45, 2.75) is 36.0 Å². The lowest BCUT2D eigenvalue weighted by Gasteiger charge is -2.18. The maximum atomic E-state index is 4.67. The number of aliphatic imine (C=N–C) groups is 1. The van der Waals surface area contributed by atoms with Gasteiger partial charge in [-0.1, -0.05) is 24.3 Å². The number of fused-ring (bicyclic) bond motifs is 1. The first-order chi connectivity index (χ1) is 13.2. The van der Waals surface area contributed by atoms with Crippen LogP contribution in [0, 0.1) is 6.92 Å². The van der Waals surface area contributed by atoms with Crippen molar-refractivity contribution in [3.05, 3.63) is 66.1 Å². The summed E-state index contributed by atoms with van der Waals surface area (Å²) in [6.45, 7) is 3.65. The van der Waals surface area contributed by atoms with Crippen molar-refractivity contribution in [2.75, 3.05) is 13.6 Å². The molecule has 0 bridgehead atoms. The zero-order valence-corrected chi connectivity index (χ0v) is 16.6. The molecule has 2 N–H and O–H groups in total. The molecule has 1 fully saturated rings. The van der Waals surface area contributed by atoms with Crippen LogP contribution in [-0.4, -0.2) is 33.7 Å². The van der Waals surface area contributed by atoms with Crippen LogP contribution in [0.25, 0.3) is 5.65 Å². The second-order valence-corrected chi connectivity index (χ2v) is 8.55. The van der Waals surface area contributed by atoms with Crippen LogP contribution in [0.5, 0.6) is 0 Å². The lowest BCUT2D eigenvalue weighted by atomic mass is 10.4. The number of guanidine groups is 1. The molecule has 5 nitrogen and oxygen atoms in total. The van der Waals surface area contributed by atoms with Gasteiger partial charge in [-0.05, 0) is 44.0 Å². The number of hydrogen-bond donors (Lipinski definition) is 2. The number of aromatic nitrogens is 2. The SMILES string of the molecule is CN=C(NCc1cn2c(C)cccc2n1)NCC1(Sc2ccccc2)CC1. The monoisotopic (exact) mass is 379 g/mol. The van der Waals surface area contributed by atoms with Gasteiger partial charge in [-0.15, -0.1) is 11.8 Å². The van der Waals surface area contributed by atoms with Crippen molar-refractivity contribution >= 4 is 23.4 Å². The van der Waals surface area contributed by atoms with Crippen molar-refractivity contribution in [1.82, 2.24) is 20.0 Å². The highest BCUT2D eigenvalue weighted by Crippen LogP contribution is 2.51. The second kappa shape index (κ2) is 7.64. The molecule has 140 valence electrons. The van der Waals surface area contributed by atoms with Crippen LogP contribution in [0.1, 0.15) is 24.2 Å². The van der Waals surface area contributed by atoms with E-state index in [2.05, 4.69) is 74.5 Å². The van der Waals surface area contributed by atoms with Crippen LogP contribution in [0.15, 0.2) is 64.6 Å². The first-order valence-electron chi connectivity index (χ1n) is 9.30. The minimum atomic E-state index is 0.291. The summed E-state index contributed by atoms with van der Waals surface area (Å²) in [6.07, 6.45) is 4.56. The van der Waals surface area contributed by atoms with Crippen LogP contribution in [0.4, 0.5) is 0 Å². The number of rotatable bonds is 6. The highest BCUT2D eigenvalue weighted by molar-refractivity contribution is 8.01. The summed E-state index contributed by atoms with van der Waals surface area (Å²) in [6, 6.07) is 16.8. The van der Waals surface area contributed by atoms with E-state index in [1.807, 2.05) is 30.9 Å². The summed E-state index contributed by atoms with van der Waals surface area (Å²) in [5.41, 5.74) is 3.17. The topological polar surface area (TPSA) is 53.7 Å². The summed E-state index contributed by atoms with van der Waals surface area (Å²) >= 11 is 1.97. The fraction of sp³-hybridized carbons (Fsp3) is 0.333. The summed E-state index contributed by atoms with van der Waals surface area (Å²) in [5.74, 6) is 0.823. The normalized spacial score (nSPS) is 15.7. The Morgan fingerprint density at radius 1 is 1.15 bits per heavy atom. The van der Waals surface area contributed by atoms with Crippen molar-refractivity contribution in [3.63, 3.8) is 0 Å². The summed E-state index contributed by atoms with van der Waals surface area (Å²) < 4.78 is 2.40. The Morgan fingerprint density at radius 3 is 2.67 bits per heavy atom. The molecule has 4 rings (SSSR count). The van der Waals surface area contributed by atoms with E-state index in [1.165, 1.54) is 23.4 Å². The van der Waals surface area contributed by atoms with Gasteiger partial charge in [-0.2, -0.15) is 0 Å². The van der Waals surface area contributed by atoms with Crippen LogP contribution in [0.2, 0.25) is 0 Å². The number of hydrogen-bond acceptors (Lipinski definition) is 3. The number of aryl methyl sites for hydroxylation is 1. The Hall–Kier alpha value is -2.47. The molecule has 0 radical (unpaired) electrons. The molecule has 0 atom stereocenters. The van der Waals surface area contributed by atoms with Gasteiger partial charge in [0.25, 0.3) is 0 Å². The minimum Gasteiger partial charge on any atom is -0.355 e. The average Bonchev–Trinajstić information content (AvgIpc) is 3.30. The van der Waals surface area contributed by atoms with E-state index >= 15 is 0 Å². The maximum Gasteiger partial charge on any atom is 0.191 e. The lowest BCUT2D eigenvalue weighted by molar-refractivity contribution is 0.761. The average molecular weight is 380 g/mol. The van der Waals surface area contributed by atoms with E-state index in [-0.39, 0.29) is 0 Å². The van der Waals surface area contributed by atoms with Gasteiger partial charge in [-0.25, -0.2) is 4.98 Å². The van der Waals surface area contributed by atoms with E-state index in [9.17, 15) is 0 Å². The van der Waals surface area contributed by atoms with Crippen LogP contribution >= 0.6 is 11.8 Å². The molecule has 1 aliphatic carbocycles. The van der Waals surface area contributed by atoms with Crippen LogP contribution in [-0.2, 0) is 6.54 Å². The van der Waals surface area contributed by atoms with E-state index in [0.29, 0.717) is 11.3 Å². The lowest BCUT2D eigenvalue weighted by Crippen LogP contribution is -2.40. The molecular weight excluding hydrogens is 354 g/mol. The molecule has 1 aliphatic rings. The first-order valence-corrected chi connectivity index (χ1v) is 10.1. The molecule has 3 aromatic rings. The Labute approximate surface area is 164 Å². The van der Waals surface area contributed by atoms with Gasteiger partial charge in [0.15, 0.2) is 5.96 Å². The zero-order valence-electron chi connectivity index (χ0n) is 15.8.